The SMILES string of the molecule is COCCNC(=O)c1cn2c3c(cccc3c1=O)C[C@H]2C. The molecule has 5 nitrogen and oxygen atoms in total. The zero-order chi connectivity index (χ0) is 15.0. The number of benzene rings is 1. The molecule has 110 valence electrons. The fourth-order valence-corrected chi connectivity index (χ4v) is 2.94. The fraction of sp³-hybridized carbons (Fsp3) is 0.375. The molecule has 0 spiro atoms. The highest BCUT2D eigenvalue weighted by Gasteiger charge is 2.24. The zero-order valence-electron chi connectivity index (χ0n) is 12.2. The number of amides is 1. The molecule has 2 aromatic rings. The maximum Gasteiger partial charge on any atom is 0.256 e. The number of pyridine rings is 1. The van der Waals surface area contributed by atoms with Crippen molar-refractivity contribution in [3.63, 3.8) is 0 Å². The van der Waals surface area contributed by atoms with Crippen molar-refractivity contribution < 1.29 is 9.53 Å². The van der Waals surface area contributed by atoms with E-state index in [0.29, 0.717) is 18.5 Å². The van der Waals surface area contributed by atoms with Crippen LogP contribution in [0.3, 0.4) is 0 Å². The number of rotatable bonds is 4. The van der Waals surface area contributed by atoms with Gasteiger partial charge in [-0.15, -0.1) is 0 Å². The summed E-state index contributed by atoms with van der Waals surface area (Å²) >= 11 is 0. The molecule has 0 fully saturated rings. The summed E-state index contributed by atoms with van der Waals surface area (Å²) in [5, 5.41) is 3.33. The van der Waals surface area contributed by atoms with Gasteiger partial charge >= 0.3 is 0 Å². The third-order valence-corrected chi connectivity index (χ3v) is 3.96. The predicted molar refractivity (Wildman–Crippen MR) is 80.8 cm³/mol. The normalized spacial score (nSPS) is 16.4. The first kappa shape index (κ1) is 13.8. The number of ether oxygens (including phenoxy) is 1. The van der Waals surface area contributed by atoms with Gasteiger partial charge in [-0.25, -0.2) is 0 Å². The minimum Gasteiger partial charge on any atom is -0.383 e. The maximum absolute atomic E-state index is 12.5. The van der Waals surface area contributed by atoms with Gasteiger partial charge in [-0.3, -0.25) is 9.59 Å². The second-order valence-electron chi connectivity index (χ2n) is 5.39. The number of para-hydroxylation sites is 1. The van der Waals surface area contributed by atoms with Gasteiger partial charge in [-0.2, -0.15) is 0 Å². The first-order chi connectivity index (χ1) is 10.1. The Kier molecular flexibility index (Phi) is 3.51. The van der Waals surface area contributed by atoms with E-state index in [1.54, 1.807) is 19.4 Å². The van der Waals surface area contributed by atoms with Crippen LogP contribution < -0.4 is 10.7 Å². The molecule has 1 aliphatic rings. The van der Waals surface area contributed by atoms with Crippen molar-refractivity contribution in [1.29, 1.82) is 0 Å². The molecule has 1 aromatic carbocycles. The number of methoxy groups -OCH3 is 1. The lowest BCUT2D eigenvalue weighted by atomic mass is 10.1. The Morgan fingerprint density at radius 2 is 2.29 bits per heavy atom. The lowest BCUT2D eigenvalue weighted by molar-refractivity contribution is 0.0935. The van der Waals surface area contributed by atoms with Gasteiger partial charge in [0.15, 0.2) is 0 Å². The molecule has 1 aromatic heterocycles. The van der Waals surface area contributed by atoms with E-state index in [4.69, 9.17) is 4.74 Å². The number of hydrogen-bond acceptors (Lipinski definition) is 3. The van der Waals surface area contributed by atoms with Crippen molar-refractivity contribution in [1.82, 2.24) is 9.88 Å². The van der Waals surface area contributed by atoms with Crippen LogP contribution in [0.5, 0.6) is 0 Å². The van der Waals surface area contributed by atoms with Crippen LogP contribution in [0.15, 0.2) is 29.2 Å². The Bertz CT molecular complexity index is 764. The molecular formula is C16H18N2O3. The highest BCUT2D eigenvalue weighted by Crippen LogP contribution is 2.30. The number of hydrogen-bond donors (Lipinski definition) is 1. The Labute approximate surface area is 122 Å². The molecular weight excluding hydrogens is 268 g/mol. The molecule has 1 aliphatic heterocycles. The van der Waals surface area contributed by atoms with Crippen molar-refractivity contribution in [2.24, 2.45) is 0 Å². The monoisotopic (exact) mass is 286 g/mol. The predicted octanol–water partition coefficient (Wildman–Crippen LogP) is 1.49. The second-order valence-corrected chi connectivity index (χ2v) is 5.39. The van der Waals surface area contributed by atoms with Gasteiger partial charge in [-0.05, 0) is 25.0 Å². The number of aromatic nitrogens is 1. The third-order valence-electron chi connectivity index (χ3n) is 3.96. The van der Waals surface area contributed by atoms with Crippen LogP contribution in [0.1, 0.15) is 28.9 Å². The molecule has 0 radical (unpaired) electrons. The van der Waals surface area contributed by atoms with Gasteiger partial charge < -0.3 is 14.6 Å². The van der Waals surface area contributed by atoms with E-state index in [1.807, 2.05) is 16.7 Å². The highest BCUT2D eigenvalue weighted by molar-refractivity contribution is 5.98. The van der Waals surface area contributed by atoms with Crippen molar-refractivity contribution in [3.8, 4) is 0 Å². The molecule has 1 amide bonds. The van der Waals surface area contributed by atoms with Crippen LogP contribution in [-0.4, -0.2) is 30.7 Å². The maximum atomic E-state index is 12.5. The molecule has 0 unspecified atom stereocenters. The van der Waals surface area contributed by atoms with E-state index in [1.165, 1.54) is 5.56 Å². The molecule has 2 heterocycles. The summed E-state index contributed by atoms with van der Waals surface area (Å²) in [5.41, 5.74) is 2.13. The van der Waals surface area contributed by atoms with E-state index in [-0.39, 0.29) is 22.9 Å². The van der Waals surface area contributed by atoms with Crippen molar-refractivity contribution in [2.45, 2.75) is 19.4 Å². The van der Waals surface area contributed by atoms with Crippen molar-refractivity contribution in [3.05, 3.63) is 45.7 Å². The number of carbonyl (C=O) groups is 1. The van der Waals surface area contributed by atoms with Crippen LogP contribution in [-0.2, 0) is 11.2 Å². The van der Waals surface area contributed by atoms with Crippen LogP contribution in [0, 0.1) is 0 Å². The lowest BCUT2D eigenvalue weighted by Crippen LogP contribution is -2.32. The fourth-order valence-electron chi connectivity index (χ4n) is 2.94. The van der Waals surface area contributed by atoms with Gasteiger partial charge in [0.25, 0.3) is 5.91 Å². The van der Waals surface area contributed by atoms with Crippen LogP contribution >= 0.6 is 0 Å². The van der Waals surface area contributed by atoms with Crippen LogP contribution in [0.4, 0.5) is 0 Å². The average molecular weight is 286 g/mol. The Balaban J connectivity index is 2.09. The topological polar surface area (TPSA) is 60.3 Å². The van der Waals surface area contributed by atoms with E-state index in [0.717, 1.165) is 11.9 Å². The first-order valence-corrected chi connectivity index (χ1v) is 7.07. The molecule has 0 aliphatic carbocycles. The zero-order valence-corrected chi connectivity index (χ0v) is 12.2. The van der Waals surface area contributed by atoms with E-state index < -0.39 is 0 Å². The van der Waals surface area contributed by atoms with E-state index >= 15 is 0 Å². The van der Waals surface area contributed by atoms with Crippen molar-refractivity contribution in [2.75, 3.05) is 20.3 Å². The number of carbonyl (C=O) groups excluding carboxylic acids is 1. The quantitative estimate of drug-likeness (QED) is 0.866. The second kappa shape index (κ2) is 5.33. The minimum absolute atomic E-state index is 0.199. The van der Waals surface area contributed by atoms with Crippen molar-refractivity contribution >= 4 is 16.8 Å². The number of nitrogens with zero attached hydrogens (tertiary/aromatic N) is 1. The summed E-state index contributed by atoms with van der Waals surface area (Å²) in [5.74, 6) is -0.341. The molecule has 3 rings (SSSR count). The van der Waals surface area contributed by atoms with Gasteiger partial charge in [0.1, 0.15) is 5.56 Å². The number of nitrogens with one attached hydrogen (secondary N) is 1. The summed E-state index contributed by atoms with van der Waals surface area (Å²) in [7, 11) is 1.57. The molecule has 0 bridgehead atoms. The van der Waals surface area contributed by atoms with Gasteiger partial charge in [0, 0.05) is 31.3 Å². The van der Waals surface area contributed by atoms with E-state index in [9.17, 15) is 9.59 Å². The molecule has 0 saturated heterocycles. The molecule has 0 saturated carbocycles. The summed E-state index contributed by atoms with van der Waals surface area (Å²) < 4.78 is 6.94. The summed E-state index contributed by atoms with van der Waals surface area (Å²) in [6.45, 7) is 2.91. The third kappa shape index (κ3) is 2.23. The van der Waals surface area contributed by atoms with Gasteiger partial charge in [0.2, 0.25) is 5.43 Å². The largest absolute Gasteiger partial charge is 0.383 e. The van der Waals surface area contributed by atoms with E-state index in [2.05, 4.69) is 12.2 Å². The standard InChI is InChI=1S/C16H18N2O3/c1-10-8-11-4-3-5-12-14(11)18(10)9-13(15(12)19)16(20)17-6-7-21-2/h3-5,9-10H,6-8H2,1-2H3,(H,17,20)/t10-/m1/s1. The van der Waals surface area contributed by atoms with Gasteiger partial charge in [0.05, 0.1) is 12.1 Å². The Morgan fingerprint density at radius 3 is 3.05 bits per heavy atom. The highest BCUT2D eigenvalue weighted by atomic mass is 16.5. The average Bonchev–Trinajstić information content (AvgIpc) is 2.79. The Morgan fingerprint density at radius 1 is 1.48 bits per heavy atom. The Hall–Kier alpha value is -2.14. The molecule has 21 heavy (non-hydrogen) atoms. The van der Waals surface area contributed by atoms with Gasteiger partial charge in [-0.1, -0.05) is 12.1 Å². The summed E-state index contributed by atoms with van der Waals surface area (Å²) in [4.78, 5) is 24.7. The molecule has 1 N–H and O–H groups in total. The smallest absolute Gasteiger partial charge is 0.256 e. The molecule has 1 atom stereocenters. The lowest BCUT2D eigenvalue weighted by Gasteiger charge is -2.12. The minimum atomic E-state index is -0.341. The summed E-state index contributed by atoms with van der Waals surface area (Å²) in [6.07, 6.45) is 2.58. The first-order valence-electron chi connectivity index (χ1n) is 7.07. The molecule has 5 heteroatoms. The van der Waals surface area contributed by atoms with Crippen LogP contribution in [0.25, 0.3) is 10.9 Å². The van der Waals surface area contributed by atoms with Crippen LogP contribution in [0.2, 0.25) is 0 Å². The summed E-state index contributed by atoms with van der Waals surface area (Å²) in [6, 6.07) is 5.98.